The molecule has 0 saturated heterocycles. The summed E-state index contributed by atoms with van der Waals surface area (Å²) in [5, 5.41) is 6.22. The Morgan fingerprint density at radius 2 is 2.06 bits per heavy atom. The van der Waals surface area contributed by atoms with Crippen molar-refractivity contribution in [3.8, 4) is 5.75 Å². The Labute approximate surface area is 183 Å². The number of hydrogen-bond donors (Lipinski definition) is 2. The second-order valence-corrected chi connectivity index (χ2v) is 8.36. The van der Waals surface area contributed by atoms with Crippen LogP contribution in [-0.4, -0.2) is 17.9 Å². The first-order valence-corrected chi connectivity index (χ1v) is 11.1. The normalized spacial score (nSPS) is 13.5. The fourth-order valence-corrected chi connectivity index (χ4v) is 4.90. The van der Waals surface area contributed by atoms with Crippen molar-refractivity contribution in [2.24, 2.45) is 0 Å². The number of thiophene rings is 1. The molecule has 4 rings (SSSR count). The van der Waals surface area contributed by atoms with Gasteiger partial charge in [0.25, 0.3) is 11.8 Å². The molecule has 1 aliphatic rings. The number of furan rings is 1. The highest BCUT2D eigenvalue weighted by Gasteiger charge is 2.29. The Morgan fingerprint density at radius 3 is 2.81 bits per heavy atom. The van der Waals surface area contributed by atoms with E-state index in [0.717, 1.165) is 29.7 Å². The molecule has 2 amide bonds. The number of fused-ring (bicyclic) bond motifs is 1. The Morgan fingerprint density at radius 1 is 1.23 bits per heavy atom. The number of anilines is 1. The van der Waals surface area contributed by atoms with Crippen molar-refractivity contribution in [1.29, 1.82) is 0 Å². The number of para-hydroxylation sites is 1. The van der Waals surface area contributed by atoms with E-state index in [4.69, 9.17) is 9.15 Å². The van der Waals surface area contributed by atoms with Crippen molar-refractivity contribution in [3.05, 3.63) is 70.2 Å². The molecular weight excluding hydrogens is 419 g/mol. The van der Waals surface area contributed by atoms with E-state index in [2.05, 4.69) is 10.6 Å². The SMILES string of the molecule is CC[C@@H](Oc1ccccc1F)C(=O)Nc1sc2c(c1C(=O)NCc1ccco1)CCC2. The molecule has 1 atom stereocenters. The van der Waals surface area contributed by atoms with Crippen molar-refractivity contribution in [3.63, 3.8) is 0 Å². The van der Waals surface area contributed by atoms with Crippen LogP contribution in [0.4, 0.5) is 9.39 Å². The third-order valence-electron chi connectivity index (χ3n) is 5.16. The molecular formula is C23H23FN2O4S. The summed E-state index contributed by atoms with van der Waals surface area (Å²) in [6, 6.07) is 9.52. The summed E-state index contributed by atoms with van der Waals surface area (Å²) in [5.74, 6) is -0.522. The minimum atomic E-state index is -0.882. The van der Waals surface area contributed by atoms with Crippen LogP contribution in [0, 0.1) is 5.82 Å². The number of carbonyl (C=O) groups excluding carboxylic acids is 2. The number of aryl methyl sites for hydroxylation is 1. The molecule has 0 fully saturated rings. The summed E-state index contributed by atoms with van der Waals surface area (Å²) < 4.78 is 24.8. The lowest BCUT2D eigenvalue weighted by Gasteiger charge is -2.18. The summed E-state index contributed by atoms with van der Waals surface area (Å²) in [6.45, 7) is 2.05. The topological polar surface area (TPSA) is 80.6 Å². The third kappa shape index (κ3) is 4.64. The summed E-state index contributed by atoms with van der Waals surface area (Å²) in [7, 11) is 0. The quantitative estimate of drug-likeness (QED) is 0.530. The average molecular weight is 443 g/mol. The van der Waals surface area contributed by atoms with Crippen LogP contribution >= 0.6 is 11.3 Å². The zero-order chi connectivity index (χ0) is 21.8. The van der Waals surface area contributed by atoms with Crippen LogP contribution in [0.3, 0.4) is 0 Å². The fourth-order valence-electron chi connectivity index (χ4n) is 3.61. The van der Waals surface area contributed by atoms with Crippen molar-refractivity contribution in [2.45, 2.75) is 45.3 Å². The highest BCUT2D eigenvalue weighted by Crippen LogP contribution is 2.39. The Bertz CT molecular complexity index is 1080. The van der Waals surface area contributed by atoms with Gasteiger partial charge in [0.2, 0.25) is 0 Å². The van der Waals surface area contributed by atoms with Gasteiger partial charge in [-0.15, -0.1) is 11.3 Å². The molecule has 0 bridgehead atoms. The average Bonchev–Trinajstić information content (AvgIpc) is 3.49. The highest BCUT2D eigenvalue weighted by atomic mass is 32.1. The van der Waals surface area contributed by atoms with E-state index in [-0.39, 0.29) is 18.2 Å². The van der Waals surface area contributed by atoms with Gasteiger partial charge in [-0.25, -0.2) is 4.39 Å². The number of amides is 2. The molecule has 2 N–H and O–H groups in total. The first-order valence-electron chi connectivity index (χ1n) is 10.2. The van der Waals surface area contributed by atoms with E-state index >= 15 is 0 Å². The molecule has 1 aliphatic carbocycles. The van der Waals surface area contributed by atoms with E-state index in [1.807, 2.05) is 0 Å². The molecule has 0 radical (unpaired) electrons. The molecule has 1 aromatic carbocycles. The van der Waals surface area contributed by atoms with Crippen LogP contribution in [-0.2, 0) is 24.2 Å². The van der Waals surface area contributed by atoms with Gasteiger partial charge in [0.1, 0.15) is 10.8 Å². The molecule has 0 aliphatic heterocycles. The molecule has 0 unspecified atom stereocenters. The van der Waals surface area contributed by atoms with Gasteiger partial charge in [0, 0.05) is 4.88 Å². The number of benzene rings is 1. The predicted octanol–water partition coefficient (Wildman–Crippen LogP) is 4.70. The molecule has 6 nitrogen and oxygen atoms in total. The molecule has 2 heterocycles. The van der Waals surface area contributed by atoms with Gasteiger partial charge < -0.3 is 19.8 Å². The maximum atomic E-state index is 13.9. The summed E-state index contributed by atoms with van der Waals surface area (Å²) in [4.78, 5) is 27.0. The summed E-state index contributed by atoms with van der Waals surface area (Å²) in [5.41, 5.74) is 1.48. The molecule has 0 saturated carbocycles. The highest BCUT2D eigenvalue weighted by molar-refractivity contribution is 7.17. The predicted molar refractivity (Wildman–Crippen MR) is 116 cm³/mol. The minimum absolute atomic E-state index is 0.0228. The van der Waals surface area contributed by atoms with Crippen LogP contribution in [0.5, 0.6) is 5.75 Å². The molecule has 2 aromatic heterocycles. The van der Waals surface area contributed by atoms with Crippen LogP contribution in [0.25, 0.3) is 0 Å². The van der Waals surface area contributed by atoms with Crippen molar-refractivity contribution >= 4 is 28.2 Å². The third-order valence-corrected chi connectivity index (χ3v) is 6.36. The van der Waals surface area contributed by atoms with Crippen LogP contribution < -0.4 is 15.4 Å². The van der Waals surface area contributed by atoms with Gasteiger partial charge in [-0.1, -0.05) is 19.1 Å². The summed E-state index contributed by atoms with van der Waals surface area (Å²) in [6.07, 6.45) is 3.70. The Kier molecular flexibility index (Phi) is 6.36. The molecule has 8 heteroatoms. The minimum Gasteiger partial charge on any atom is -0.478 e. The summed E-state index contributed by atoms with van der Waals surface area (Å²) >= 11 is 1.42. The number of ether oxygens (including phenoxy) is 1. The van der Waals surface area contributed by atoms with Crippen LogP contribution in [0.15, 0.2) is 47.1 Å². The second-order valence-electron chi connectivity index (χ2n) is 7.26. The van der Waals surface area contributed by atoms with E-state index < -0.39 is 17.8 Å². The lowest BCUT2D eigenvalue weighted by atomic mass is 10.1. The van der Waals surface area contributed by atoms with Gasteiger partial charge in [0.15, 0.2) is 17.7 Å². The fraction of sp³-hybridized carbons (Fsp3) is 0.304. The van der Waals surface area contributed by atoms with E-state index in [0.29, 0.717) is 22.7 Å². The number of halogens is 1. The maximum Gasteiger partial charge on any atom is 0.266 e. The van der Waals surface area contributed by atoms with Gasteiger partial charge >= 0.3 is 0 Å². The van der Waals surface area contributed by atoms with Gasteiger partial charge in [0.05, 0.1) is 18.4 Å². The standard InChI is InChI=1S/C23H23FN2O4S/c1-2-17(30-18-10-4-3-9-16(18)24)21(27)26-23-20(15-8-5-11-19(15)31-23)22(28)25-13-14-7-6-12-29-14/h3-4,6-7,9-10,12,17H,2,5,8,11,13H2,1H3,(H,25,28)(H,26,27)/t17-/m1/s1. The van der Waals surface area contributed by atoms with Gasteiger partial charge in [-0.2, -0.15) is 0 Å². The van der Waals surface area contributed by atoms with Gasteiger partial charge in [-0.05, 0) is 55.5 Å². The van der Waals surface area contributed by atoms with Crippen LogP contribution in [0.1, 0.15) is 46.3 Å². The van der Waals surface area contributed by atoms with E-state index in [9.17, 15) is 14.0 Å². The van der Waals surface area contributed by atoms with Crippen molar-refractivity contribution < 1.29 is 23.1 Å². The smallest absolute Gasteiger partial charge is 0.266 e. The zero-order valence-corrected chi connectivity index (χ0v) is 17.9. The first kappa shape index (κ1) is 21.1. The van der Waals surface area contributed by atoms with E-state index in [1.165, 1.54) is 23.5 Å². The number of nitrogens with one attached hydrogen (secondary N) is 2. The largest absolute Gasteiger partial charge is 0.478 e. The molecule has 162 valence electrons. The van der Waals surface area contributed by atoms with Crippen molar-refractivity contribution in [2.75, 3.05) is 5.32 Å². The molecule has 0 spiro atoms. The van der Waals surface area contributed by atoms with Crippen molar-refractivity contribution in [1.82, 2.24) is 5.32 Å². The first-order chi connectivity index (χ1) is 15.1. The van der Waals surface area contributed by atoms with Gasteiger partial charge in [-0.3, -0.25) is 9.59 Å². The maximum absolute atomic E-state index is 13.9. The number of hydrogen-bond acceptors (Lipinski definition) is 5. The van der Waals surface area contributed by atoms with Crippen LogP contribution in [0.2, 0.25) is 0 Å². The van der Waals surface area contributed by atoms with E-state index in [1.54, 1.807) is 37.5 Å². The molecule has 3 aromatic rings. The Hall–Kier alpha value is -3.13. The second kappa shape index (κ2) is 9.34. The monoisotopic (exact) mass is 442 g/mol. The zero-order valence-electron chi connectivity index (χ0n) is 17.1. The lowest BCUT2D eigenvalue weighted by Crippen LogP contribution is -2.33. The lowest BCUT2D eigenvalue weighted by molar-refractivity contribution is -0.122. The number of rotatable bonds is 8. The number of carbonyl (C=O) groups is 2. The molecule has 31 heavy (non-hydrogen) atoms. The Balaban J connectivity index is 1.51.